The monoisotopic (exact) mass is 435 g/mol. The van der Waals surface area contributed by atoms with Crippen LogP contribution in [0.1, 0.15) is 63.5 Å². The fraction of sp³-hybridized carbons (Fsp3) is 0.577. The van der Waals surface area contributed by atoms with Gasteiger partial charge in [-0.15, -0.1) is 0 Å². The molecule has 6 atom stereocenters. The average molecular weight is 436 g/mol. The number of ether oxygens (including phenoxy) is 3. The van der Waals surface area contributed by atoms with Crippen molar-refractivity contribution in [1.29, 1.82) is 5.26 Å². The zero-order chi connectivity index (χ0) is 22.9. The fourth-order valence-electron chi connectivity index (χ4n) is 7.83. The van der Waals surface area contributed by atoms with E-state index in [1.807, 2.05) is 12.1 Å². The highest BCUT2D eigenvalue weighted by atomic mass is 16.6. The Balaban J connectivity index is 1.66. The minimum absolute atomic E-state index is 0.265. The Hall–Kier alpha value is -2.81. The molecule has 0 saturated heterocycles. The van der Waals surface area contributed by atoms with Crippen LogP contribution in [-0.4, -0.2) is 30.3 Å². The molecule has 0 heterocycles. The summed E-state index contributed by atoms with van der Waals surface area (Å²) in [7, 11) is 1.69. The highest BCUT2D eigenvalue weighted by Crippen LogP contribution is 2.78. The summed E-state index contributed by atoms with van der Waals surface area (Å²) in [5, 5.41) is 10.4. The number of fused-ring (bicyclic) bond motifs is 3. The summed E-state index contributed by atoms with van der Waals surface area (Å²) in [6.45, 7) is 4.79. The van der Waals surface area contributed by atoms with Crippen molar-refractivity contribution in [2.75, 3.05) is 7.11 Å². The lowest BCUT2D eigenvalue weighted by atomic mass is 9.48. The van der Waals surface area contributed by atoms with Crippen LogP contribution in [0.3, 0.4) is 0 Å². The van der Waals surface area contributed by atoms with Gasteiger partial charge in [-0.2, -0.15) is 5.26 Å². The van der Waals surface area contributed by atoms with Crippen molar-refractivity contribution in [3.8, 4) is 11.8 Å². The summed E-state index contributed by atoms with van der Waals surface area (Å²) in [5.74, 6) is 0.468. The van der Waals surface area contributed by atoms with Gasteiger partial charge in [-0.05, 0) is 66.9 Å². The number of benzene rings is 1. The predicted octanol–water partition coefficient (Wildman–Crippen LogP) is 4.23. The Morgan fingerprint density at radius 1 is 1.12 bits per heavy atom. The van der Waals surface area contributed by atoms with Gasteiger partial charge in [0, 0.05) is 31.1 Å². The number of carbonyl (C=O) groups is 2. The van der Waals surface area contributed by atoms with Crippen molar-refractivity contribution in [1.82, 2.24) is 0 Å². The molecule has 0 spiro atoms. The molecule has 0 unspecified atom stereocenters. The van der Waals surface area contributed by atoms with E-state index in [1.165, 1.54) is 25.0 Å². The molecule has 32 heavy (non-hydrogen) atoms. The third-order valence-electron chi connectivity index (χ3n) is 8.98. The van der Waals surface area contributed by atoms with Gasteiger partial charge in [0.25, 0.3) is 0 Å². The number of nitriles is 1. The third-order valence-corrected chi connectivity index (χ3v) is 8.98. The summed E-state index contributed by atoms with van der Waals surface area (Å²) >= 11 is 0. The molecule has 4 aliphatic rings. The molecule has 2 bridgehead atoms. The fourth-order valence-corrected chi connectivity index (χ4v) is 7.83. The smallest absolute Gasteiger partial charge is 0.304 e. The van der Waals surface area contributed by atoms with Crippen LogP contribution >= 0.6 is 0 Å². The van der Waals surface area contributed by atoms with Crippen LogP contribution in [0.5, 0.6) is 5.75 Å². The maximum atomic E-state index is 12.3. The maximum absolute atomic E-state index is 12.3. The van der Waals surface area contributed by atoms with Gasteiger partial charge < -0.3 is 14.2 Å². The van der Waals surface area contributed by atoms with Crippen LogP contribution in [0.2, 0.25) is 0 Å². The number of aryl methyl sites for hydroxylation is 1. The Kier molecular flexibility index (Phi) is 4.34. The van der Waals surface area contributed by atoms with Gasteiger partial charge in [0.05, 0.1) is 7.11 Å². The van der Waals surface area contributed by atoms with Gasteiger partial charge in [0.1, 0.15) is 11.8 Å². The molecule has 0 aliphatic heterocycles. The van der Waals surface area contributed by atoms with Gasteiger partial charge in [0.2, 0.25) is 5.60 Å². The van der Waals surface area contributed by atoms with Gasteiger partial charge in [-0.1, -0.05) is 19.1 Å². The van der Waals surface area contributed by atoms with E-state index in [-0.39, 0.29) is 5.92 Å². The molecule has 168 valence electrons. The molecule has 0 N–H and O–H groups in total. The quantitative estimate of drug-likeness (QED) is 0.522. The van der Waals surface area contributed by atoms with Crippen molar-refractivity contribution in [2.45, 2.75) is 70.0 Å². The normalized spacial score (nSPS) is 40.5. The molecular formula is C26H29NO5. The Morgan fingerprint density at radius 3 is 2.53 bits per heavy atom. The molecule has 0 aromatic heterocycles. The number of allylic oxidation sites excluding steroid dienone is 1. The zero-order valence-corrected chi connectivity index (χ0v) is 19.1. The topological polar surface area (TPSA) is 85.6 Å². The molecular weight excluding hydrogens is 406 g/mol. The second-order valence-corrected chi connectivity index (χ2v) is 10.1. The molecule has 2 fully saturated rings. The van der Waals surface area contributed by atoms with Gasteiger partial charge in [0.15, 0.2) is 5.60 Å². The number of hydrogen-bond acceptors (Lipinski definition) is 6. The average Bonchev–Trinajstić information content (AvgIpc) is 3.10. The van der Waals surface area contributed by atoms with E-state index < -0.39 is 34.0 Å². The van der Waals surface area contributed by atoms with Crippen LogP contribution in [0.15, 0.2) is 30.4 Å². The molecule has 6 heteroatoms. The lowest BCUT2D eigenvalue weighted by molar-refractivity contribution is -0.200. The van der Waals surface area contributed by atoms with Crippen LogP contribution in [0.25, 0.3) is 0 Å². The largest absolute Gasteiger partial charge is 0.497 e. The number of methoxy groups -OCH3 is 1. The van der Waals surface area contributed by atoms with Crippen LogP contribution in [0.4, 0.5) is 0 Å². The van der Waals surface area contributed by atoms with E-state index in [0.29, 0.717) is 12.3 Å². The van der Waals surface area contributed by atoms with Crippen molar-refractivity contribution in [2.24, 2.45) is 16.7 Å². The molecule has 1 aromatic rings. The van der Waals surface area contributed by atoms with Crippen molar-refractivity contribution < 1.29 is 23.8 Å². The van der Waals surface area contributed by atoms with E-state index in [0.717, 1.165) is 31.4 Å². The maximum Gasteiger partial charge on any atom is 0.304 e. The van der Waals surface area contributed by atoms with Crippen LogP contribution in [-0.2, 0) is 25.5 Å². The van der Waals surface area contributed by atoms with E-state index >= 15 is 0 Å². The minimum Gasteiger partial charge on any atom is -0.497 e. The first-order valence-corrected chi connectivity index (χ1v) is 11.4. The third kappa shape index (κ3) is 2.29. The van der Waals surface area contributed by atoms with Crippen LogP contribution < -0.4 is 4.74 Å². The Morgan fingerprint density at radius 2 is 1.88 bits per heavy atom. The second kappa shape index (κ2) is 6.60. The van der Waals surface area contributed by atoms with Crippen molar-refractivity contribution in [3.05, 3.63) is 41.5 Å². The van der Waals surface area contributed by atoms with Gasteiger partial charge >= 0.3 is 11.9 Å². The van der Waals surface area contributed by atoms with E-state index in [1.54, 1.807) is 7.11 Å². The number of rotatable bonds is 3. The summed E-state index contributed by atoms with van der Waals surface area (Å²) in [5.41, 5.74) is -1.06. The summed E-state index contributed by atoms with van der Waals surface area (Å²) in [6.07, 6.45) is 7.98. The summed E-state index contributed by atoms with van der Waals surface area (Å²) < 4.78 is 17.2. The molecule has 0 amide bonds. The van der Waals surface area contributed by atoms with E-state index in [4.69, 9.17) is 14.2 Å². The van der Waals surface area contributed by atoms with Gasteiger partial charge in [-0.3, -0.25) is 9.59 Å². The van der Waals surface area contributed by atoms with Crippen molar-refractivity contribution >= 4 is 11.9 Å². The zero-order valence-electron chi connectivity index (χ0n) is 19.1. The highest BCUT2D eigenvalue weighted by Gasteiger charge is 2.84. The van der Waals surface area contributed by atoms with Crippen molar-refractivity contribution in [3.63, 3.8) is 0 Å². The molecule has 1 aromatic carbocycles. The second-order valence-electron chi connectivity index (χ2n) is 10.1. The lowest BCUT2D eigenvalue weighted by Crippen LogP contribution is -2.60. The predicted molar refractivity (Wildman–Crippen MR) is 116 cm³/mol. The number of hydrogen-bond donors (Lipinski definition) is 0. The first-order valence-electron chi connectivity index (χ1n) is 11.4. The Bertz CT molecular complexity index is 1090. The Labute approximate surface area is 188 Å². The lowest BCUT2D eigenvalue weighted by Gasteiger charge is -2.56. The summed E-state index contributed by atoms with van der Waals surface area (Å²) in [4.78, 5) is 24.4. The first kappa shape index (κ1) is 21.1. The van der Waals surface area contributed by atoms with Gasteiger partial charge in [-0.25, -0.2) is 0 Å². The van der Waals surface area contributed by atoms with E-state index in [2.05, 4.69) is 31.2 Å². The minimum atomic E-state index is -1.52. The molecule has 4 aliphatic carbocycles. The standard InChI is InChI=1S/C26H29NO5/c1-16(28)31-25(15-27)14-24-11-12-26(25,32-17(2)29)23(24,3)10-9-21-20-7-6-19(30-4)13-18(20)5-8-22(21)24/h6-7,11-13,21-22H,5,8-10,14H2,1-4H3/t21-,22-,23+,24+,25-,26-/m1/s1. The highest BCUT2D eigenvalue weighted by molar-refractivity contribution is 5.71. The summed E-state index contributed by atoms with van der Waals surface area (Å²) in [6, 6.07) is 8.64. The molecule has 2 saturated carbocycles. The molecule has 5 rings (SSSR count). The molecule has 6 nitrogen and oxygen atoms in total. The number of carbonyl (C=O) groups excluding carboxylic acids is 2. The number of nitrogens with zero attached hydrogens (tertiary/aromatic N) is 1. The molecule has 0 radical (unpaired) electrons. The number of esters is 2. The van der Waals surface area contributed by atoms with Crippen LogP contribution in [0, 0.1) is 28.1 Å². The SMILES string of the molecule is COc1ccc2c(c1)CC[C@@H]1[C@@H]2CC[C@]2(C)[C@]3(OC(C)=O)C=C[C@]12C[C@]3(C#N)OC(C)=O. The van der Waals surface area contributed by atoms with E-state index in [9.17, 15) is 14.9 Å². The first-order chi connectivity index (χ1) is 15.2.